The SMILES string of the molecule is C=C(C)C(=O)Cc1cc(CC(=O)C(=C)C)cc(C(=O)O)c1. The van der Waals surface area contributed by atoms with Crippen molar-refractivity contribution in [1.29, 1.82) is 0 Å². The van der Waals surface area contributed by atoms with E-state index in [1.165, 1.54) is 12.1 Å². The molecule has 0 bridgehead atoms. The first kappa shape index (κ1) is 16.6. The van der Waals surface area contributed by atoms with Gasteiger partial charge in [0.15, 0.2) is 11.6 Å². The van der Waals surface area contributed by atoms with Gasteiger partial charge in [0.2, 0.25) is 0 Å². The third-order valence-electron chi connectivity index (χ3n) is 2.98. The van der Waals surface area contributed by atoms with E-state index in [2.05, 4.69) is 13.2 Å². The summed E-state index contributed by atoms with van der Waals surface area (Å²) in [5.41, 5.74) is 2.01. The van der Waals surface area contributed by atoms with Crippen LogP contribution in [0.5, 0.6) is 0 Å². The molecule has 0 amide bonds. The van der Waals surface area contributed by atoms with Gasteiger partial charge in [-0.1, -0.05) is 19.2 Å². The van der Waals surface area contributed by atoms with Crippen molar-refractivity contribution in [2.45, 2.75) is 26.7 Å². The van der Waals surface area contributed by atoms with Gasteiger partial charge in [0.25, 0.3) is 0 Å². The van der Waals surface area contributed by atoms with Crippen LogP contribution in [0, 0.1) is 0 Å². The zero-order chi connectivity index (χ0) is 16.2. The lowest BCUT2D eigenvalue weighted by molar-refractivity contribution is -0.115. The van der Waals surface area contributed by atoms with Crippen LogP contribution < -0.4 is 0 Å². The molecule has 0 fully saturated rings. The van der Waals surface area contributed by atoms with Crippen molar-refractivity contribution in [3.8, 4) is 0 Å². The number of allylic oxidation sites excluding steroid dienone is 2. The molecule has 4 nitrogen and oxygen atoms in total. The highest BCUT2D eigenvalue weighted by Gasteiger charge is 2.12. The number of carbonyl (C=O) groups is 3. The quantitative estimate of drug-likeness (QED) is 0.782. The molecule has 0 saturated heterocycles. The fourth-order valence-electron chi connectivity index (χ4n) is 1.76. The minimum atomic E-state index is -1.09. The van der Waals surface area contributed by atoms with E-state index in [9.17, 15) is 14.4 Å². The van der Waals surface area contributed by atoms with Crippen molar-refractivity contribution in [2.24, 2.45) is 0 Å². The Balaban J connectivity index is 3.14. The molecule has 0 aromatic heterocycles. The zero-order valence-corrected chi connectivity index (χ0v) is 12.2. The van der Waals surface area contributed by atoms with Crippen molar-refractivity contribution < 1.29 is 19.5 Å². The zero-order valence-electron chi connectivity index (χ0n) is 12.2. The normalized spacial score (nSPS) is 10.0. The highest BCUT2D eigenvalue weighted by molar-refractivity contribution is 5.97. The second kappa shape index (κ2) is 6.79. The average molecular weight is 286 g/mol. The summed E-state index contributed by atoms with van der Waals surface area (Å²) in [6, 6.07) is 4.56. The molecule has 1 rings (SSSR count). The van der Waals surface area contributed by atoms with Crippen molar-refractivity contribution in [1.82, 2.24) is 0 Å². The lowest BCUT2D eigenvalue weighted by Crippen LogP contribution is -2.09. The number of hydrogen-bond acceptors (Lipinski definition) is 3. The van der Waals surface area contributed by atoms with Gasteiger partial charge in [0.05, 0.1) is 5.56 Å². The summed E-state index contributed by atoms with van der Waals surface area (Å²) in [5, 5.41) is 9.12. The van der Waals surface area contributed by atoms with Gasteiger partial charge in [-0.05, 0) is 48.3 Å². The third-order valence-corrected chi connectivity index (χ3v) is 2.98. The Labute approximate surface area is 123 Å². The number of rotatable bonds is 7. The molecule has 0 aliphatic heterocycles. The molecule has 0 aliphatic rings. The number of carbonyl (C=O) groups excluding carboxylic acids is 2. The molecule has 0 heterocycles. The summed E-state index contributed by atoms with van der Waals surface area (Å²) in [4.78, 5) is 34.6. The van der Waals surface area contributed by atoms with Gasteiger partial charge in [-0.3, -0.25) is 9.59 Å². The molecular weight excluding hydrogens is 268 g/mol. The molecular formula is C17H18O4. The molecule has 0 spiro atoms. The lowest BCUT2D eigenvalue weighted by atomic mass is 9.96. The highest BCUT2D eigenvalue weighted by Crippen LogP contribution is 2.15. The maximum absolute atomic E-state index is 11.7. The van der Waals surface area contributed by atoms with Crippen molar-refractivity contribution >= 4 is 17.5 Å². The van der Waals surface area contributed by atoms with E-state index >= 15 is 0 Å². The first-order valence-electron chi connectivity index (χ1n) is 6.44. The van der Waals surface area contributed by atoms with E-state index in [0.29, 0.717) is 22.3 Å². The smallest absolute Gasteiger partial charge is 0.335 e. The Kier molecular flexibility index (Phi) is 5.36. The Bertz CT molecular complexity index is 592. The van der Waals surface area contributed by atoms with Crippen LogP contribution in [-0.4, -0.2) is 22.6 Å². The monoisotopic (exact) mass is 286 g/mol. The van der Waals surface area contributed by atoms with Crippen LogP contribution in [0.3, 0.4) is 0 Å². The summed E-state index contributed by atoms with van der Waals surface area (Å²) in [7, 11) is 0. The predicted molar refractivity (Wildman–Crippen MR) is 80.5 cm³/mol. The molecule has 0 radical (unpaired) electrons. The van der Waals surface area contributed by atoms with E-state index in [-0.39, 0.29) is 30.0 Å². The van der Waals surface area contributed by atoms with Gasteiger partial charge in [0, 0.05) is 12.8 Å². The minimum Gasteiger partial charge on any atom is -0.478 e. The Hall–Kier alpha value is -2.49. The molecule has 0 atom stereocenters. The van der Waals surface area contributed by atoms with Gasteiger partial charge in [-0.25, -0.2) is 4.79 Å². The van der Waals surface area contributed by atoms with E-state index in [1.807, 2.05) is 0 Å². The van der Waals surface area contributed by atoms with E-state index in [1.54, 1.807) is 19.9 Å². The van der Waals surface area contributed by atoms with E-state index < -0.39 is 5.97 Å². The first-order valence-corrected chi connectivity index (χ1v) is 6.44. The first-order chi connectivity index (χ1) is 9.70. The second-order valence-corrected chi connectivity index (χ2v) is 5.10. The molecule has 0 saturated carbocycles. The summed E-state index contributed by atoms with van der Waals surface area (Å²) in [6.07, 6.45) is 0.148. The van der Waals surface area contributed by atoms with Crippen LogP contribution in [0.25, 0.3) is 0 Å². The summed E-state index contributed by atoms with van der Waals surface area (Å²) < 4.78 is 0. The molecule has 0 unspecified atom stereocenters. The van der Waals surface area contributed by atoms with Gasteiger partial charge in [-0.2, -0.15) is 0 Å². The Morgan fingerprint density at radius 2 is 1.29 bits per heavy atom. The standard InChI is InChI=1S/C17H18O4/c1-10(2)15(18)8-12-5-13(9-16(19)11(3)4)7-14(6-12)17(20)21/h5-7H,1,3,8-9H2,2,4H3,(H,20,21). The van der Waals surface area contributed by atoms with Gasteiger partial charge < -0.3 is 5.11 Å². The number of Topliss-reactive ketones (excluding diaryl/α,β-unsaturated/α-hetero) is 2. The minimum absolute atomic E-state index is 0.0616. The maximum atomic E-state index is 11.7. The molecule has 1 aromatic rings. The van der Waals surface area contributed by atoms with Crippen LogP contribution >= 0.6 is 0 Å². The van der Waals surface area contributed by atoms with E-state index in [0.717, 1.165) is 0 Å². The maximum Gasteiger partial charge on any atom is 0.335 e. The lowest BCUT2D eigenvalue weighted by Gasteiger charge is -2.07. The Morgan fingerprint density at radius 3 is 1.57 bits per heavy atom. The molecule has 1 N–H and O–H groups in total. The fraction of sp³-hybridized carbons (Fsp3) is 0.235. The summed E-state index contributed by atoms with van der Waals surface area (Å²) in [6.45, 7) is 10.4. The number of carboxylic acid groups (broad SMARTS) is 1. The highest BCUT2D eigenvalue weighted by atomic mass is 16.4. The third kappa shape index (κ3) is 4.84. The van der Waals surface area contributed by atoms with Crippen molar-refractivity contribution in [2.75, 3.05) is 0 Å². The van der Waals surface area contributed by atoms with Crippen molar-refractivity contribution in [3.05, 3.63) is 59.2 Å². The van der Waals surface area contributed by atoms with Gasteiger partial charge in [-0.15, -0.1) is 0 Å². The predicted octanol–water partition coefficient (Wildman–Crippen LogP) is 2.76. The van der Waals surface area contributed by atoms with Crippen LogP contribution in [-0.2, 0) is 22.4 Å². The summed E-state index contributed by atoms with van der Waals surface area (Å²) >= 11 is 0. The summed E-state index contributed by atoms with van der Waals surface area (Å²) in [5.74, 6) is -1.41. The molecule has 21 heavy (non-hydrogen) atoms. The second-order valence-electron chi connectivity index (χ2n) is 5.10. The number of ketones is 2. The van der Waals surface area contributed by atoms with Gasteiger partial charge >= 0.3 is 5.97 Å². The fourth-order valence-corrected chi connectivity index (χ4v) is 1.76. The number of carboxylic acids is 1. The van der Waals surface area contributed by atoms with Crippen LogP contribution in [0.4, 0.5) is 0 Å². The molecule has 4 heteroatoms. The van der Waals surface area contributed by atoms with Crippen LogP contribution in [0.1, 0.15) is 35.3 Å². The van der Waals surface area contributed by atoms with Crippen LogP contribution in [0.15, 0.2) is 42.5 Å². The van der Waals surface area contributed by atoms with Gasteiger partial charge in [0.1, 0.15) is 0 Å². The van der Waals surface area contributed by atoms with Crippen LogP contribution in [0.2, 0.25) is 0 Å². The van der Waals surface area contributed by atoms with Crippen molar-refractivity contribution in [3.63, 3.8) is 0 Å². The number of hydrogen-bond donors (Lipinski definition) is 1. The van der Waals surface area contributed by atoms with E-state index in [4.69, 9.17) is 5.11 Å². The molecule has 1 aromatic carbocycles. The largest absolute Gasteiger partial charge is 0.478 e. The molecule has 110 valence electrons. The number of benzene rings is 1. The molecule has 0 aliphatic carbocycles. The average Bonchev–Trinajstić information content (AvgIpc) is 2.37. The number of aromatic carboxylic acids is 1. The Morgan fingerprint density at radius 1 is 0.905 bits per heavy atom. The topological polar surface area (TPSA) is 71.4 Å².